The van der Waals surface area contributed by atoms with Gasteiger partial charge in [0.25, 0.3) is 0 Å². The van der Waals surface area contributed by atoms with E-state index in [4.69, 9.17) is 19.9 Å². The lowest BCUT2D eigenvalue weighted by Crippen LogP contribution is -2.54. The van der Waals surface area contributed by atoms with Crippen LogP contribution in [0.25, 0.3) is 0 Å². The average Bonchev–Trinajstić information content (AvgIpc) is 1.73. The number of nitrogens with one attached hydrogen (secondary N) is 2. The van der Waals surface area contributed by atoms with E-state index in [1.54, 1.807) is 64.3 Å². The molecule has 2 fully saturated rings. The maximum atomic E-state index is 14.9. The Labute approximate surface area is 553 Å². The fourth-order valence-electron chi connectivity index (χ4n) is 13.3. The van der Waals surface area contributed by atoms with E-state index < -0.39 is 77.5 Å². The molecule has 4 N–H and O–H groups in total. The quantitative estimate of drug-likeness (QED) is 0.0417. The van der Waals surface area contributed by atoms with Crippen molar-refractivity contribution in [3.63, 3.8) is 0 Å². The molecule has 2 aliphatic rings. The van der Waals surface area contributed by atoms with Crippen LogP contribution < -0.4 is 16.4 Å². The van der Waals surface area contributed by atoms with Gasteiger partial charge < -0.3 is 45.3 Å². The summed E-state index contributed by atoms with van der Waals surface area (Å²) in [6.45, 7) is 25.0. The Hall–Kier alpha value is -6.87. The van der Waals surface area contributed by atoms with Crippen molar-refractivity contribution < 1.29 is 67.0 Å². The summed E-state index contributed by atoms with van der Waals surface area (Å²) in [5.74, 6) is -6.07. The number of rotatable bonds is 38. The number of primary amides is 1. The number of Topliss-reactive ketones (excluding diaryl/α,β-unsaturated/α-hetero) is 4. The molecule has 0 aromatic heterocycles. The number of likely N-dealkylation sites (N-methyl/N-ethyl adjacent to an activating group) is 2. The topological polar surface area (TPSA) is 278 Å². The molecular weight excluding hydrogens is 1190 g/mol. The summed E-state index contributed by atoms with van der Waals surface area (Å²) in [5, 5.41) is 5.36. The average molecular weight is 1300 g/mol. The van der Waals surface area contributed by atoms with Gasteiger partial charge in [0, 0.05) is 104 Å². The third-order valence-electron chi connectivity index (χ3n) is 19.4. The number of likely N-dealkylation sites (tertiary alicyclic amines) is 2. The van der Waals surface area contributed by atoms with Crippen molar-refractivity contribution in [2.75, 3.05) is 47.9 Å². The molecule has 0 radical (unpaired) electrons. The molecule has 8 amide bonds. The summed E-state index contributed by atoms with van der Waals surface area (Å²) in [6.07, 6.45) is 0.430. The highest BCUT2D eigenvalue weighted by molar-refractivity contribution is 6.04. The van der Waals surface area contributed by atoms with E-state index >= 15 is 0 Å². The molecule has 0 bridgehead atoms. The first-order valence-electron chi connectivity index (χ1n) is 33.6. The summed E-state index contributed by atoms with van der Waals surface area (Å²) >= 11 is 0. The van der Waals surface area contributed by atoms with Gasteiger partial charge in [-0.15, -0.1) is 0 Å². The number of methoxy groups -OCH3 is 2. The molecule has 2 heterocycles. The molecule has 518 valence electrons. The Kier molecular flexibility index (Phi) is 31.0. The number of nitrogens with zero attached hydrogens (tertiary/aromatic N) is 4. The molecule has 1 unspecified atom stereocenters. The van der Waals surface area contributed by atoms with Crippen LogP contribution in [-0.2, 0) is 70.4 Å². The zero-order valence-corrected chi connectivity index (χ0v) is 58.8. The van der Waals surface area contributed by atoms with Crippen molar-refractivity contribution in [3.8, 4) is 0 Å². The van der Waals surface area contributed by atoms with E-state index in [2.05, 4.69) is 10.6 Å². The number of ketones is 4. The molecular formula is C72H111N7O14. The molecule has 2 saturated heterocycles. The first-order valence-corrected chi connectivity index (χ1v) is 33.6. The third-order valence-corrected chi connectivity index (χ3v) is 19.4. The lowest BCUT2D eigenvalue weighted by molar-refractivity contribution is -0.149. The minimum absolute atomic E-state index is 0.0189. The number of ether oxygens (including phenoxy) is 3. The van der Waals surface area contributed by atoms with E-state index in [0.717, 1.165) is 16.9 Å². The van der Waals surface area contributed by atoms with Crippen molar-refractivity contribution in [3.05, 3.63) is 71.3 Å². The normalized spacial score (nSPS) is 18.5. The Morgan fingerprint density at radius 2 is 1.37 bits per heavy atom. The Balaban J connectivity index is 1.39. The maximum absolute atomic E-state index is 14.9. The van der Waals surface area contributed by atoms with Crippen molar-refractivity contribution in [1.82, 2.24) is 30.2 Å². The number of hydrogen-bond acceptors (Lipinski definition) is 14. The predicted octanol–water partition coefficient (Wildman–Crippen LogP) is 9.28. The number of carbonyl (C=O) groups is 11. The number of benzene rings is 2. The van der Waals surface area contributed by atoms with Crippen molar-refractivity contribution in [2.45, 2.75) is 216 Å². The highest BCUT2D eigenvalue weighted by atomic mass is 16.6. The Bertz CT molecular complexity index is 2860. The van der Waals surface area contributed by atoms with Gasteiger partial charge in [-0.2, -0.15) is 0 Å². The SMILES string of the molecule is CC[C@H](C)[C@@H]([C@@H](CC(=O)N1CCC[C@H]1[C@H](OC)[C@@H](C)C(=O)C[C@H](C)c1ccccc1)OC)N(C)C(=O)[C@@H](CC(=O)[C@H](C(C)C)N(C)C(=O)OCc1ccc(CC(=O)[C@H](CCCNC(N)=O)NC(=O)[C@@H](CC(=O)CCN2C(=O)CC(C(C)(C)C)C2=O)C(C)C)cc1)C(C)C. The second-order valence-electron chi connectivity index (χ2n) is 28.3. The van der Waals surface area contributed by atoms with Crippen molar-refractivity contribution >= 4 is 64.8 Å². The van der Waals surface area contributed by atoms with Gasteiger partial charge >= 0.3 is 12.1 Å². The number of imide groups is 1. The van der Waals surface area contributed by atoms with Crippen molar-refractivity contribution in [1.29, 1.82) is 0 Å². The second-order valence-corrected chi connectivity index (χ2v) is 28.3. The molecule has 2 aromatic carbocycles. The van der Waals surface area contributed by atoms with E-state index in [0.29, 0.717) is 43.4 Å². The highest BCUT2D eigenvalue weighted by Crippen LogP contribution is 2.36. The largest absolute Gasteiger partial charge is 0.445 e. The van der Waals surface area contributed by atoms with Crippen molar-refractivity contribution in [2.24, 2.45) is 58.5 Å². The standard InChI is InChI=1S/C72H111N7O14/c1-18-46(8)65(61(91-16)41-63(85)78-34-23-27-57(78)66(92-17)48(10)58(81)36-47(9)51-24-20-19-21-25-51)76(14)68(87)54(44(4)5)39-60(83)64(45(6)7)77(15)71(90)93-42-50-30-28-49(29-31-50)37-59(82)56(26-22-33-74-70(73)89)75-67(86)53(43(2)3)38-52(80)32-35-79-62(84)40-55(69(79)88)72(11,12)13/h19-21,24-25,28-31,43-48,53-57,61,64-66H,18,22-23,26-27,32-42H2,1-17H3,(H,75,86)(H3,73,74,89)/t46-,47-,48-,53-,54-,55?,56-,57-,61+,64-,65-,66+/m0/s1. The van der Waals surface area contributed by atoms with E-state index in [1.165, 1.54) is 11.9 Å². The van der Waals surface area contributed by atoms with E-state index in [1.807, 2.05) is 111 Å². The summed E-state index contributed by atoms with van der Waals surface area (Å²) in [7, 11) is 6.32. The first kappa shape index (κ1) is 78.6. The summed E-state index contributed by atoms with van der Waals surface area (Å²) in [4.78, 5) is 156. The fraction of sp³-hybridized carbons (Fsp3) is 0.681. The van der Waals surface area contributed by atoms with Gasteiger partial charge in [0.05, 0.1) is 48.7 Å². The zero-order valence-electron chi connectivity index (χ0n) is 58.8. The monoisotopic (exact) mass is 1300 g/mol. The van der Waals surface area contributed by atoms with E-state index in [9.17, 15) is 52.7 Å². The number of urea groups is 1. The zero-order chi connectivity index (χ0) is 69.8. The molecule has 0 saturated carbocycles. The first-order chi connectivity index (χ1) is 43.7. The third kappa shape index (κ3) is 22.4. The number of amides is 8. The summed E-state index contributed by atoms with van der Waals surface area (Å²) in [6, 6.07) is 13.2. The molecule has 21 nitrogen and oxygen atoms in total. The molecule has 12 atom stereocenters. The van der Waals surface area contributed by atoms with Crippen LogP contribution in [0.15, 0.2) is 54.6 Å². The molecule has 0 aliphatic carbocycles. The van der Waals surface area contributed by atoms with Crippen LogP contribution in [0, 0.1) is 52.8 Å². The summed E-state index contributed by atoms with van der Waals surface area (Å²) < 4.78 is 17.9. The minimum Gasteiger partial charge on any atom is -0.445 e. The van der Waals surface area contributed by atoms with Gasteiger partial charge in [0.15, 0.2) is 11.6 Å². The van der Waals surface area contributed by atoms with Crippen LogP contribution in [0.2, 0.25) is 0 Å². The van der Waals surface area contributed by atoms with Gasteiger partial charge in [-0.25, -0.2) is 9.59 Å². The highest BCUT2D eigenvalue weighted by Gasteiger charge is 2.46. The van der Waals surface area contributed by atoms with E-state index in [-0.39, 0.29) is 147 Å². The molecule has 21 heteroatoms. The molecule has 2 aliphatic heterocycles. The Morgan fingerprint density at radius 3 is 1.91 bits per heavy atom. The lowest BCUT2D eigenvalue weighted by atomic mass is 9.80. The second kappa shape index (κ2) is 36.7. The van der Waals surface area contributed by atoms with Crippen LogP contribution >= 0.6 is 0 Å². The van der Waals surface area contributed by atoms with Gasteiger partial charge in [-0.1, -0.05) is 151 Å². The van der Waals surface area contributed by atoms with Crippen LogP contribution in [-0.4, -0.2) is 169 Å². The number of hydrogen-bond donors (Lipinski definition) is 3. The summed E-state index contributed by atoms with van der Waals surface area (Å²) in [5.41, 5.74) is 7.12. The van der Waals surface area contributed by atoms with Gasteiger partial charge in [-0.05, 0) is 77.4 Å². The molecule has 2 aromatic rings. The van der Waals surface area contributed by atoms with Crippen LogP contribution in [0.4, 0.5) is 9.59 Å². The van der Waals surface area contributed by atoms with Gasteiger partial charge in [0.1, 0.15) is 18.2 Å². The maximum Gasteiger partial charge on any atom is 0.410 e. The smallest absolute Gasteiger partial charge is 0.410 e. The minimum atomic E-state index is -0.994. The molecule has 93 heavy (non-hydrogen) atoms. The van der Waals surface area contributed by atoms with Crippen LogP contribution in [0.1, 0.15) is 183 Å². The predicted molar refractivity (Wildman–Crippen MR) is 356 cm³/mol. The molecule has 0 spiro atoms. The number of carbonyl (C=O) groups excluding carboxylic acids is 11. The number of nitrogens with two attached hydrogens (primary N) is 1. The van der Waals surface area contributed by atoms with Gasteiger partial charge in [0.2, 0.25) is 29.5 Å². The van der Waals surface area contributed by atoms with Crippen LogP contribution in [0.5, 0.6) is 0 Å². The van der Waals surface area contributed by atoms with Gasteiger partial charge in [-0.3, -0.25) is 48.1 Å². The Morgan fingerprint density at radius 1 is 0.742 bits per heavy atom. The molecule has 4 rings (SSSR count). The van der Waals surface area contributed by atoms with Crippen LogP contribution in [0.3, 0.4) is 0 Å². The lowest BCUT2D eigenvalue weighted by Gasteiger charge is -2.41. The fourth-order valence-corrected chi connectivity index (χ4v) is 13.3.